The third-order valence-corrected chi connectivity index (χ3v) is 3.80. The second kappa shape index (κ2) is 6.44. The van der Waals surface area contributed by atoms with E-state index in [0.717, 1.165) is 35.9 Å². The minimum atomic E-state index is 0.577. The fourth-order valence-corrected chi connectivity index (χ4v) is 1.96. The van der Waals surface area contributed by atoms with E-state index in [1.54, 1.807) is 0 Å². The van der Waals surface area contributed by atoms with E-state index in [9.17, 15) is 0 Å². The van der Waals surface area contributed by atoms with Gasteiger partial charge in [0.1, 0.15) is 5.75 Å². The minimum absolute atomic E-state index is 0.577. The first-order chi connectivity index (χ1) is 8.70. The molecule has 0 saturated heterocycles. The average molecular weight is 268 g/mol. The van der Waals surface area contributed by atoms with Crippen molar-refractivity contribution in [1.82, 2.24) is 5.32 Å². The van der Waals surface area contributed by atoms with E-state index >= 15 is 0 Å². The van der Waals surface area contributed by atoms with Crippen molar-refractivity contribution in [2.75, 3.05) is 6.61 Å². The van der Waals surface area contributed by atoms with E-state index in [4.69, 9.17) is 16.3 Å². The Morgan fingerprint density at radius 3 is 2.89 bits per heavy atom. The van der Waals surface area contributed by atoms with Gasteiger partial charge in [-0.2, -0.15) is 0 Å². The Morgan fingerprint density at radius 2 is 2.22 bits per heavy atom. The van der Waals surface area contributed by atoms with Crippen molar-refractivity contribution in [3.8, 4) is 5.75 Å². The van der Waals surface area contributed by atoms with Gasteiger partial charge in [-0.15, -0.1) is 0 Å². The van der Waals surface area contributed by atoms with Gasteiger partial charge in [-0.05, 0) is 30.9 Å². The summed E-state index contributed by atoms with van der Waals surface area (Å²) in [6, 6.07) is 6.58. The van der Waals surface area contributed by atoms with Crippen molar-refractivity contribution in [2.24, 2.45) is 5.92 Å². The summed E-state index contributed by atoms with van der Waals surface area (Å²) in [6.07, 6.45) is 3.71. The molecule has 0 aliphatic heterocycles. The molecule has 3 heteroatoms. The van der Waals surface area contributed by atoms with Gasteiger partial charge >= 0.3 is 0 Å². The van der Waals surface area contributed by atoms with E-state index in [-0.39, 0.29) is 0 Å². The highest BCUT2D eigenvalue weighted by atomic mass is 35.5. The topological polar surface area (TPSA) is 21.3 Å². The summed E-state index contributed by atoms with van der Waals surface area (Å²) < 4.78 is 5.90. The van der Waals surface area contributed by atoms with E-state index in [1.807, 2.05) is 18.2 Å². The predicted molar refractivity (Wildman–Crippen MR) is 76.3 cm³/mol. The van der Waals surface area contributed by atoms with Crippen LogP contribution in [0.3, 0.4) is 0 Å². The van der Waals surface area contributed by atoms with Crippen molar-refractivity contribution in [3.63, 3.8) is 0 Å². The molecule has 2 nitrogen and oxygen atoms in total. The maximum Gasteiger partial charge on any atom is 0.125 e. The number of benzene rings is 1. The van der Waals surface area contributed by atoms with Gasteiger partial charge in [0.25, 0.3) is 0 Å². The minimum Gasteiger partial charge on any atom is -0.493 e. The van der Waals surface area contributed by atoms with Gasteiger partial charge < -0.3 is 10.1 Å². The van der Waals surface area contributed by atoms with Crippen LogP contribution in [0, 0.1) is 5.92 Å². The average Bonchev–Trinajstić information content (AvgIpc) is 3.18. The van der Waals surface area contributed by atoms with Gasteiger partial charge in [0, 0.05) is 23.2 Å². The lowest BCUT2D eigenvalue weighted by atomic mass is 10.1. The molecule has 1 unspecified atom stereocenters. The normalized spacial score (nSPS) is 16.6. The summed E-state index contributed by atoms with van der Waals surface area (Å²) in [4.78, 5) is 0. The number of nitrogens with one attached hydrogen (secondary N) is 1. The molecule has 1 aromatic carbocycles. The Labute approximate surface area is 115 Å². The summed E-state index contributed by atoms with van der Waals surface area (Å²) in [5.41, 5.74) is 1.09. The van der Waals surface area contributed by atoms with Gasteiger partial charge in [0.15, 0.2) is 0 Å². The van der Waals surface area contributed by atoms with E-state index in [0.29, 0.717) is 12.0 Å². The Kier molecular flexibility index (Phi) is 4.90. The van der Waals surface area contributed by atoms with Crippen LogP contribution in [0.4, 0.5) is 0 Å². The molecule has 0 spiro atoms. The van der Waals surface area contributed by atoms with Gasteiger partial charge in [0.05, 0.1) is 6.61 Å². The molecule has 0 amide bonds. The van der Waals surface area contributed by atoms with Crippen molar-refractivity contribution in [3.05, 3.63) is 28.8 Å². The third kappa shape index (κ3) is 3.89. The van der Waals surface area contributed by atoms with Crippen LogP contribution in [0.5, 0.6) is 5.75 Å². The third-order valence-electron chi connectivity index (χ3n) is 3.44. The van der Waals surface area contributed by atoms with Crippen molar-refractivity contribution in [1.29, 1.82) is 0 Å². The predicted octanol–water partition coefficient (Wildman–Crippen LogP) is 4.02. The summed E-state index contributed by atoms with van der Waals surface area (Å²) in [5, 5.41) is 4.29. The first-order valence-corrected chi connectivity index (χ1v) is 7.22. The molecule has 1 atom stereocenters. The molecule has 0 radical (unpaired) electrons. The molecular formula is C15H22ClNO. The van der Waals surface area contributed by atoms with Crippen LogP contribution in [0.15, 0.2) is 18.2 Å². The lowest BCUT2D eigenvalue weighted by molar-refractivity contribution is 0.254. The largest absolute Gasteiger partial charge is 0.493 e. The summed E-state index contributed by atoms with van der Waals surface area (Å²) in [7, 11) is 0. The number of hydrogen-bond donors (Lipinski definition) is 1. The van der Waals surface area contributed by atoms with Crippen molar-refractivity contribution < 1.29 is 4.74 Å². The Hall–Kier alpha value is -0.730. The zero-order valence-electron chi connectivity index (χ0n) is 11.2. The van der Waals surface area contributed by atoms with E-state index < -0.39 is 0 Å². The number of hydrogen-bond acceptors (Lipinski definition) is 2. The van der Waals surface area contributed by atoms with Crippen LogP contribution >= 0.6 is 11.6 Å². The fraction of sp³-hybridized carbons (Fsp3) is 0.600. The first kappa shape index (κ1) is 13.7. The fourth-order valence-electron chi connectivity index (χ4n) is 1.73. The van der Waals surface area contributed by atoms with Gasteiger partial charge in [-0.25, -0.2) is 0 Å². The van der Waals surface area contributed by atoms with Crippen LogP contribution < -0.4 is 10.1 Å². The Bertz CT molecular complexity index is 390. The van der Waals surface area contributed by atoms with Crippen LogP contribution in [0.25, 0.3) is 0 Å². The molecule has 0 bridgehead atoms. The molecule has 1 aliphatic carbocycles. The quantitative estimate of drug-likeness (QED) is 0.806. The smallest absolute Gasteiger partial charge is 0.125 e. The van der Waals surface area contributed by atoms with Crippen LogP contribution in [-0.4, -0.2) is 12.6 Å². The highest BCUT2D eigenvalue weighted by Gasteiger charge is 2.21. The van der Waals surface area contributed by atoms with E-state index in [1.165, 1.54) is 12.8 Å². The molecule has 18 heavy (non-hydrogen) atoms. The lowest BCUT2D eigenvalue weighted by Gasteiger charge is -2.16. The molecule has 100 valence electrons. The molecular weight excluding hydrogens is 246 g/mol. The summed E-state index contributed by atoms with van der Waals surface area (Å²) in [5.74, 6) is 1.50. The monoisotopic (exact) mass is 267 g/mol. The number of ether oxygens (including phenoxy) is 1. The number of rotatable bonds is 7. The standard InChI is InChI=1S/C15H22ClNO/c1-3-11(2)10-18-15-6-4-5-14(16)13(15)9-17-12-7-8-12/h4-6,11-12,17H,3,7-10H2,1-2H3. The van der Waals surface area contributed by atoms with Gasteiger partial charge in [0.2, 0.25) is 0 Å². The molecule has 0 aromatic heterocycles. The van der Waals surface area contributed by atoms with E-state index in [2.05, 4.69) is 19.2 Å². The van der Waals surface area contributed by atoms with Crippen LogP contribution in [0.2, 0.25) is 5.02 Å². The number of halogens is 1. The summed E-state index contributed by atoms with van der Waals surface area (Å²) >= 11 is 6.26. The molecule has 1 fully saturated rings. The van der Waals surface area contributed by atoms with Gasteiger partial charge in [-0.3, -0.25) is 0 Å². The van der Waals surface area contributed by atoms with Crippen molar-refractivity contribution in [2.45, 2.75) is 45.7 Å². The SMILES string of the molecule is CCC(C)COc1cccc(Cl)c1CNC1CC1. The molecule has 0 heterocycles. The van der Waals surface area contributed by atoms with Gasteiger partial charge in [-0.1, -0.05) is 37.9 Å². The zero-order valence-corrected chi connectivity index (χ0v) is 12.0. The maximum absolute atomic E-state index is 6.26. The van der Waals surface area contributed by atoms with Crippen LogP contribution in [-0.2, 0) is 6.54 Å². The Balaban J connectivity index is 1.99. The highest BCUT2D eigenvalue weighted by Crippen LogP contribution is 2.28. The second-order valence-corrected chi connectivity index (χ2v) is 5.60. The maximum atomic E-state index is 6.26. The molecule has 2 rings (SSSR count). The first-order valence-electron chi connectivity index (χ1n) is 6.84. The lowest BCUT2D eigenvalue weighted by Crippen LogP contribution is -2.17. The van der Waals surface area contributed by atoms with Crippen molar-refractivity contribution >= 4 is 11.6 Å². The Morgan fingerprint density at radius 1 is 1.44 bits per heavy atom. The molecule has 1 aromatic rings. The summed E-state index contributed by atoms with van der Waals surface area (Å²) in [6.45, 7) is 5.95. The highest BCUT2D eigenvalue weighted by molar-refractivity contribution is 6.31. The van der Waals surface area contributed by atoms with Crippen LogP contribution in [0.1, 0.15) is 38.7 Å². The second-order valence-electron chi connectivity index (χ2n) is 5.20. The zero-order chi connectivity index (χ0) is 13.0. The molecule has 1 aliphatic rings. The molecule has 1 saturated carbocycles. The molecule has 1 N–H and O–H groups in total.